The maximum absolute atomic E-state index is 12.5. The van der Waals surface area contributed by atoms with E-state index in [1.54, 1.807) is 12.0 Å². The molecule has 0 aliphatic carbocycles. The smallest absolute Gasteiger partial charge is 0.410 e. The van der Waals surface area contributed by atoms with Gasteiger partial charge in [0.05, 0.1) is 7.11 Å². The average Bonchev–Trinajstić information content (AvgIpc) is 2.95. The highest BCUT2D eigenvalue weighted by atomic mass is 16.6. The van der Waals surface area contributed by atoms with Gasteiger partial charge in [0.25, 0.3) is 0 Å². The Morgan fingerprint density at radius 3 is 2.76 bits per heavy atom. The van der Waals surface area contributed by atoms with Gasteiger partial charge < -0.3 is 25.1 Å². The molecule has 6 heteroatoms. The number of aromatic nitrogens is 1. The van der Waals surface area contributed by atoms with Crippen molar-refractivity contribution in [3.05, 3.63) is 30.0 Å². The molecule has 1 aliphatic heterocycles. The third-order valence-corrected chi connectivity index (χ3v) is 4.50. The highest BCUT2D eigenvalue weighted by molar-refractivity contribution is 5.85. The minimum Gasteiger partial charge on any atom is -0.497 e. The molecule has 1 amide bonds. The molecule has 136 valence electrons. The van der Waals surface area contributed by atoms with Crippen molar-refractivity contribution in [1.82, 2.24) is 9.88 Å². The Labute approximate surface area is 148 Å². The van der Waals surface area contributed by atoms with Crippen molar-refractivity contribution < 1.29 is 14.3 Å². The van der Waals surface area contributed by atoms with Crippen LogP contribution in [0.25, 0.3) is 10.9 Å². The molecule has 0 bridgehead atoms. The summed E-state index contributed by atoms with van der Waals surface area (Å²) < 4.78 is 10.9. The van der Waals surface area contributed by atoms with E-state index >= 15 is 0 Å². The van der Waals surface area contributed by atoms with Crippen LogP contribution in [0.2, 0.25) is 0 Å². The predicted octanol–water partition coefficient (Wildman–Crippen LogP) is 3.23. The Morgan fingerprint density at radius 1 is 1.32 bits per heavy atom. The van der Waals surface area contributed by atoms with E-state index in [1.807, 2.05) is 45.2 Å². The van der Waals surface area contributed by atoms with Crippen molar-refractivity contribution in [3.63, 3.8) is 0 Å². The second kappa shape index (κ2) is 6.59. The number of aromatic amines is 1. The third kappa shape index (κ3) is 3.90. The van der Waals surface area contributed by atoms with Crippen molar-refractivity contribution in [3.8, 4) is 5.75 Å². The number of carbonyl (C=O) groups is 1. The normalized spacial score (nSPS) is 21.4. The number of hydrogen-bond donors (Lipinski definition) is 2. The number of amides is 1. The SMILES string of the molecule is COc1ccc2[nH]cc(C3CC(N)CN(C(=O)OC(C)(C)C)C3)c2c1. The number of methoxy groups -OCH3 is 1. The van der Waals surface area contributed by atoms with Gasteiger partial charge in [-0.25, -0.2) is 4.79 Å². The number of carbonyl (C=O) groups excluding carboxylic acids is 1. The highest BCUT2D eigenvalue weighted by Gasteiger charge is 2.32. The molecule has 1 aliphatic rings. The van der Waals surface area contributed by atoms with E-state index in [4.69, 9.17) is 15.2 Å². The van der Waals surface area contributed by atoms with Crippen molar-refractivity contribution in [2.75, 3.05) is 20.2 Å². The molecule has 2 atom stereocenters. The monoisotopic (exact) mass is 345 g/mol. The van der Waals surface area contributed by atoms with Crippen LogP contribution in [0.3, 0.4) is 0 Å². The fourth-order valence-corrected chi connectivity index (χ4v) is 3.43. The molecule has 1 aromatic carbocycles. The van der Waals surface area contributed by atoms with E-state index in [1.165, 1.54) is 0 Å². The summed E-state index contributed by atoms with van der Waals surface area (Å²) in [7, 11) is 1.66. The van der Waals surface area contributed by atoms with E-state index in [0.29, 0.717) is 13.1 Å². The number of likely N-dealkylation sites (tertiary alicyclic amines) is 1. The number of nitrogens with one attached hydrogen (secondary N) is 1. The van der Waals surface area contributed by atoms with Crippen molar-refractivity contribution in [2.24, 2.45) is 5.73 Å². The zero-order chi connectivity index (χ0) is 18.2. The quantitative estimate of drug-likeness (QED) is 0.876. The van der Waals surface area contributed by atoms with Crippen LogP contribution in [-0.2, 0) is 4.74 Å². The van der Waals surface area contributed by atoms with Crippen LogP contribution in [0.1, 0.15) is 38.7 Å². The molecule has 2 aromatic rings. The van der Waals surface area contributed by atoms with E-state index < -0.39 is 5.60 Å². The molecule has 0 radical (unpaired) electrons. The summed E-state index contributed by atoms with van der Waals surface area (Å²) in [6, 6.07) is 5.90. The molecular weight excluding hydrogens is 318 g/mol. The van der Waals surface area contributed by atoms with Gasteiger partial charge >= 0.3 is 6.09 Å². The number of piperidine rings is 1. The Bertz CT molecular complexity index is 763. The Balaban J connectivity index is 1.86. The number of nitrogens with zero attached hydrogens (tertiary/aromatic N) is 1. The van der Waals surface area contributed by atoms with E-state index in [0.717, 1.165) is 28.6 Å². The number of rotatable bonds is 2. The van der Waals surface area contributed by atoms with E-state index in [9.17, 15) is 4.79 Å². The summed E-state index contributed by atoms with van der Waals surface area (Å²) in [6.07, 6.45) is 2.55. The Hall–Kier alpha value is -2.21. The summed E-state index contributed by atoms with van der Waals surface area (Å²) in [5, 5.41) is 1.11. The fourth-order valence-electron chi connectivity index (χ4n) is 3.43. The lowest BCUT2D eigenvalue weighted by atomic mass is 9.88. The Morgan fingerprint density at radius 2 is 2.08 bits per heavy atom. The standard InChI is InChI=1S/C19H27N3O3/c1-19(2,3)25-18(23)22-10-12(7-13(20)11-22)16-9-21-17-6-5-14(24-4)8-15(16)17/h5-6,8-9,12-13,21H,7,10-11,20H2,1-4H3. The molecule has 3 N–H and O–H groups in total. The Kier molecular flexibility index (Phi) is 4.64. The lowest BCUT2D eigenvalue weighted by Gasteiger charge is -2.37. The van der Waals surface area contributed by atoms with Gasteiger partial charge in [-0.1, -0.05) is 0 Å². The van der Waals surface area contributed by atoms with Crippen molar-refractivity contribution in [2.45, 2.75) is 44.8 Å². The van der Waals surface area contributed by atoms with Gasteiger partial charge in [-0.3, -0.25) is 0 Å². The van der Waals surface area contributed by atoms with Crippen LogP contribution in [0.4, 0.5) is 4.79 Å². The first-order chi connectivity index (χ1) is 11.8. The van der Waals surface area contributed by atoms with Crippen LogP contribution < -0.4 is 10.5 Å². The topological polar surface area (TPSA) is 80.6 Å². The minimum absolute atomic E-state index is 0.0678. The van der Waals surface area contributed by atoms with Crippen LogP contribution in [0.15, 0.2) is 24.4 Å². The summed E-state index contributed by atoms with van der Waals surface area (Å²) >= 11 is 0. The van der Waals surface area contributed by atoms with Crippen LogP contribution >= 0.6 is 0 Å². The molecule has 25 heavy (non-hydrogen) atoms. The lowest BCUT2D eigenvalue weighted by molar-refractivity contribution is 0.0181. The van der Waals surface area contributed by atoms with Crippen LogP contribution in [0.5, 0.6) is 5.75 Å². The van der Waals surface area contributed by atoms with Gasteiger partial charge in [0.2, 0.25) is 0 Å². The molecule has 1 saturated heterocycles. The van der Waals surface area contributed by atoms with Crippen molar-refractivity contribution >= 4 is 17.0 Å². The second-order valence-electron chi connectivity index (χ2n) is 7.73. The highest BCUT2D eigenvalue weighted by Crippen LogP contribution is 2.34. The zero-order valence-electron chi connectivity index (χ0n) is 15.3. The predicted molar refractivity (Wildman–Crippen MR) is 98.0 cm³/mol. The zero-order valence-corrected chi connectivity index (χ0v) is 15.3. The number of nitrogens with two attached hydrogens (primary N) is 1. The van der Waals surface area contributed by atoms with Crippen molar-refractivity contribution in [1.29, 1.82) is 0 Å². The molecule has 0 spiro atoms. The van der Waals surface area contributed by atoms with Gasteiger partial charge in [0, 0.05) is 42.1 Å². The average molecular weight is 345 g/mol. The van der Waals surface area contributed by atoms with Gasteiger partial charge in [-0.15, -0.1) is 0 Å². The molecule has 0 saturated carbocycles. The molecule has 2 heterocycles. The van der Waals surface area contributed by atoms with Gasteiger partial charge in [-0.05, 0) is 51.0 Å². The minimum atomic E-state index is -0.512. The van der Waals surface area contributed by atoms with Crippen LogP contribution in [0, 0.1) is 0 Å². The molecule has 3 rings (SSSR count). The molecule has 1 fully saturated rings. The lowest BCUT2D eigenvalue weighted by Crippen LogP contribution is -2.50. The third-order valence-electron chi connectivity index (χ3n) is 4.50. The summed E-state index contributed by atoms with van der Waals surface area (Å²) in [6.45, 7) is 6.75. The maximum Gasteiger partial charge on any atom is 0.410 e. The van der Waals surface area contributed by atoms with Gasteiger partial charge in [-0.2, -0.15) is 0 Å². The number of hydrogen-bond acceptors (Lipinski definition) is 4. The first kappa shape index (κ1) is 17.6. The summed E-state index contributed by atoms with van der Waals surface area (Å²) in [5.41, 5.74) is 7.95. The maximum atomic E-state index is 12.5. The molecule has 6 nitrogen and oxygen atoms in total. The second-order valence-corrected chi connectivity index (χ2v) is 7.73. The van der Waals surface area contributed by atoms with E-state index in [2.05, 4.69) is 4.98 Å². The first-order valence-electron chi connectivity index (χ1n) is 8.65. The summed E-state index contributed by atoms with van der Waals surface area (Å²) in [5.74, 6) is 0.981. The number of H-pyrrole nitrogens is 1. The number of ether oxygens (including phenoxy) is 2. The molecule has 2 unspecified atom stereocenters. The summed E-state index contributed by atoms with van der Waals surface area (Å²) in [4.78, 5) is 17.5. The van der Waals surface area contributed by atoms with Gasteiger partial charge in [0.1, 0.15) is 11.4 Å². The number of fused-ring (bicyclic) bond motifs is 1. The van der Waals surface area contributed by atoms with Crippen LogP contribution in [-0.4, -0.2) is 47.8 Å². The largest absolute Gasteiger partial charge is 0.497 e. The van der Waals surface area contributed by atoms with E-state index in [-0.39, 0.29) is 18.1 Å². The first-order valence-corrected chi connectivity index (χ1v) is 8.65. The number of benzene rings is 1. The van der Waals surface area contributed by atoms with Gasteiger partial charge in [0.15, 0.2) is 0 Å². The molecular formula is C19H27N3O3. The molecule has 1 aromatic heterocycles. The fraction of sp³-hybridized carbons (Fsp3) is 0.526.